The molecule has 3 nitrogen and oxygen atoms in total. The number of carbonyl (C=O) groups is 1. The molecule has 1 fully saturated rings. The molecule has 2 aliphatic carbocycles. The first-order chi connectivity index (χ1) is 7.22. The predicted molar refractivity (Wildman–Crippen MR) is 56.1 cm³/mol. The number of aliphatic hydroxyl groups excluding tert-OH is 1. The Labute approximate surface area is 90.1 Å². The van der Waals surface area contributed by atoms with Crippen LogP contribution in [0.4, 0.5) is 0 Å². The minimum absolute atomic E-state index is 0.104. The van der Waals surface area contributed by atoms with Crippen LogP contribution in [0.15, 0.2) is 12.2 Å². The lowest BCUT2D eigenvalue weighted by atomic mass is 9.80. The Kier molecular flexibility index (Phi) is 3.10. The molecule has 0 spiro atoms. The van der Waals surface area contributed by atoms with Crippen molar-refractivity contribution in [3.8, 4) is 0 Å². The lowest BCUT2D eigenvalue weighted by Crippen LogP contribution is -2.24. The van der Waals surface area contributed by atoms with Crippen molar-refractivity contribution >= 4 is 5.97 Å². The molecule has 0 aromatic heterocycles. The lowest BCUT2D eigenvalue weighted by molar-refractivity contribution is -0.143. The number of allylic oxidation sites excluding steroid dienone is 2. The van der Waals surface area contributed by atoms with Gasteiger partial charge in [0, 0.05) is 0 Å². The largest absolute Gasteiger partial charge is 0.469 e. The summed E-state index contributed by atoms with van der Waals surface area (Å²) in [6, 6.07) is 0. The summed E-state index contributed by atoms with van der Waals surface area (Å²) < 4.78 is 4.67. The minimum Gasteiger partial charge on any atom is -0.469 e. The third-order valence-electron chi connectivity index (χ3n) is 3.84. The number of esters is 1. The summed E-state index contributed by atoms with van der Waals surface area (Å²) in [5.41, 5.74) is 0. The number of hydrogen-bond acceptors (Lipinski definition) is 3. The zero-order chi connectivity index (χ0) is 10.8. The van der Waals surface area contributed by atoms with E-state index in [9.17, 15) is 9.90 Å². The predicted octanol–water partition coefficient (Wildman–Crippen LogP) is 1.51. The van der Waals surface area contributed by atoms with Crippen LogP contribution in [-0.2, 0) is 9.53 Å². The molecule has 1 N–H and O–H groups in total. The van der Waals surface area contributed by atoms with Crippen LogP contribution in [0.1, 0.15) is 25.7 Å². The van der Waals surface area contributed by atoms with Gasteiger partial charge in [-0.1, -0.05) is 12.2 Å². The third kappa shape index (κ3) is 2.07. The van der Waals surface area contributed by atoms with Crippen molar-refractivity contribution in [2.75, 3.05) is 7.11 Å². The molecule has 0 bridgehead atoms. The summed E-state index contributed by atoms with van der Waals surface area (Å²) in [5, 5.41) is 9.93. The fraction of sp³-hybridized carbons (Fsp3) is 0.750. The third-order valence-corrected chi connectivity index (χ3v) is 3.84. The molecule has 0 radical (unpaired) electrons. The van der Waals surface area contributed by atoms with Crippen LogP contribution in [0, 0.1) is 17.8 Å². The molecule has 3 heteroatoms. The van der Waals surface area contributed by atoms with Gasteiger partial charge in [0.25, 0.3) is 0 Å². The Bertz CT molecular complexity index is 272. The molecule has 0 aliphatic heterocycles. The molecule has 0 unspecified atom stereocenters. The normalized spacial score (nSPS) is 38.8. The Hall–Kier alpha value is -0.830. The number of carbonyl (C=O) groups excluding carboxylic acids is 1. The Morgan fingerprint density at radius 2 is 2.20 bits per heavy atom. The molecule has 0 aromatic carbocycles. The second-order valence-electron chi connectivity index (χ2n) is 4.61. The molecule has 0 saturated heterocycles. The van der Waals surface area contributed by atoms with E-state index in [-0.39, 0.29) is 18.0 Å². The van der Waals surface area contributed by atoms with E-state index in [1.54, 1.807) is 0 Å². The Balaban J connectivity index is 2.03. The van der Waals surface area contributed by atoms with Gasteiger partial charge in [0.2, 0.25) is 0 Å². The molecular weight excluding hydrogens is 192 g/mol. The smallest absolute Gasteiger partial charge is 0.305 e. The summed E-state index contributed by atoms with van der Waals surface area (Å²) in [5.74, 6) is 0.949. The number of ether oxygens (including phenoxy) is 1. The standard InChI is InChI=1S/C12H18O3/c1-15-12(14)7-10-9-5-3-2-4-8(9)6-11(10)13/h2-3,8-11,13H,4-7H2,1H3/t8-,9-,10+,11+/m1/s1. The van der Waals surface area contributed by atoms with E-state index in [0.717, 1.165) is 19.3 Å². The van der Waals surface area contributed by atoms with Crippen molar-refractivity contribution in [2.24, 2.45) is 17.8 Å². The lowest BCUT2D eigenvalue weighted by Gasteiger charge is -2.25. The number of aliphatic hydroxyl groups is 1. The van der Waals surface area contributed by atoms with E-state index >= 15 is 0 Å². The molecule has 2 rings (SSSR count). The summed E-state index contributed by atoms with van der Waals surface area (Å²) in [4.78, 5) is 11.2. The highest BCUT2D eigenvalue weighted by atomic mass is 16.5. The maximum Gasteiger partial charge on any atom is 0.305 e. The first-order valence-corrected chi connectivity index (χ1v) is 5.62. The highest BCUT2D eigenvalue weighted by Crippen LogP contribution is 2.45. The zero-order valence-corrected chi connectivity index (χ0v) is 9.06. The van der Waals surface area contributed by atoms with Gasteiger partial charge in [0.05, 0.1) is 19.6 Å². The quantitative estimate of drug-likeness (QED) is 0.555. The second kappa shape index (κ2) is 4.35. The summed E-state index contributed by atoms with van der Waals surface area (Å²) >= 11 is 0. The van der Waals surface area contributed by atoms with Gasteiger partial charge < -0.3 is 9.84 Å². The van der Waals surface area contributed by atoms with Crippen LogP contribution in [0.3, 0.4) is 0 Å². The molecule has 2 aliphatic rings. The monoisotopic (exact) mass is 210 g/mol. The van der Waals surface area contributed by atoms with Crippen molar-refractivity contribution in [2.45, 2.75) is 31.8 Å². The van der Waals surface area contributed by atoms with Gasteiger partial charge in [-0.15, -0.1) is 0 Å². The number of fused-ring (bicyclic) bond motifs is 1. The fourth-order valence-electron chi connectivity index (χ4n) is 3.02. The molecular formula is C12H18O3. The molecule has 1 saturated carbocycles. The van der Waals surface area contributed by atoms with E-state index in [4.69, 9.17) is 0 Å². The molecule has 0 amide bonds. The van der Waals surface area contributed by atoms with Crippen molar-refractivity contribution in [1.29, 1.82) is 0 Å². The number of methoxy groups -OCH3 is 1. The van der Waals surface area contributed by atoms with E-state index in [2.05, 4.69) is 16.9 Å². The van der Waals surface area contributed by atoms with Gasteiger partial charge in [0.1, 0.15) is 0 Å². The van der Waals surface area contributed by atoms with Crippen molar-refractivity contribution in [3.05, 3.63) is 12.2 Å². The summed E-state index contributed by atoms with van der Waals surface area (Å²) in [6.07, 6.45) is 7.31. The van der Waals surface area contributed by atoms with Crippen molar-refractivity contribution in [1.82, 2.24) is 0 Å². The highest BCUT2D eigenvalue weighted by Gasteiger charge is 2.42. The van der Waals surface area contributed by atoms with Gasteiger partial charge in [-0.05, 0) is 37.0 Å². The van der Waals surface area contributed by atoms with Crippen LogP contribution < -0.4 is 0 Å². The van der Waals surface area contributed by atoms with E-state index in [1.165, 1.54) is 7.11 Å². The van der Waals surface area contributed by atoms with Crippen LogP contribution in [0.5, 0.6) is 0 Å². The molecule has 0 heterocycles. The number of hydrogen-bond donors (Lipinski definition) is 1. The minimum atomic E-state index is -0.320. The van der Waals surface area contributed by atoms with Crippen LogP contribution in [-0.4, -0.2) is 24.3 Å². The van der Waals surface area contributed by atoms with Gasteiger partial charge in [0.15, 0.2) is 0 Å². The Morgan fingerprint density at radius 1 is 1.47 bits per heavy atom. The zero-order valence-electron chi connectivity index (χ0n) is 9.06. The van der Waals surface area contributed by atoms with Crippen molar-refractivity contribution < 1.29 is 14.6 Å². The average Bonchev–Trinajstić information content (AvgIpc) is 2.55. The molecule has 84 valence electrons. The summed E-state index contributed by atoms with van der Waals surface area (Å²) in [7, 11) is 1.40. The second-order valence-corrected chi connectivity index (χ2v) is 4.61. The fourth-order valence-corrected chi connectivity index (χ4v) is 3.02. The van der Waals surface area contributed by atoms with E-state index in [1.807, 2.05) is 0 Å². The van der Waals surface area contributed by atoms with Gasteiger partial charge in [-0.3, -0.25) is 4.79 Å². The maximum absolute atomic E-state index is 11.2. The first-order valence-electron chi connectivity index (χ1n) is 5.62. The Morgan fingerprint density at radius 3 is 2.93 bits per heavy atom. The van der Waals surface area contributed by atoms with Crippen LogP contribution >= 0.6 is 0 Å². The average molecular weight is 210 g/mol. The first kappa shape index (κ1) is 10.7. The topological polar surface area (TPSA) is 46.5 Å². The summed E-state index contributed by atoms with van der Waals surface area (Å²) in [6.45, 7) is 0. The van der Waals surface area contributed by atoms with E-state index in [0.29, 0.717) is 18.3 Å². The molecule has 0 aromatic rings. The van der Waals surface area contributed by atoms with Crippen LogP contribution in [0.25, 0.3) is 0 Å². The molecule has 4 atom stereocenters. The number of rotatable bonds is 2. The van der Waals surface area contributed by atoms with Crippen LogP contribution in [0.2, 0.25) is 0 Å². The van der Waals surface area contributed by atoms with Gasteiger partial charge in [-0.2, -0.15) is 0 Å². The van der Waals surface area contributed by atoms with Gasteiger partial charge >= 0.3 is 5.97 Å². The maximum atomic E-state index is 11.2. The highest BCUT2D eigenvalue weighted by molar-refractivity contribution is 5.69. The van der Waals surface area contributed by atoms with E-state index < -0.39 is 0 Å². The van der Waals surface area contributed by atoms with Gasteiger partial charge in [-0.25, -0.2) is 0 Å². The molecule has 15 heavy (non-hydrogen) atoms. The van der Waals surface area contributed by atoms with Crippen molar-refractivity contribution in [3.63, 3.8) is 0 Å². The SMILES string of the molecule is COC(=O)C[C@H]1[C@@H]2CC=CC[C@@H]2C[C@@H]1O.